The second-order valence-corrected chi connectivity index (χ2v) is 5.96. The van der Waals surface area contributed by atoms with Crippen molar-refractivity contribution in [2.24, 2.45) is 0 Å². The lowest BCUT2D eigenvalue weighted by Gasteiger charge is -2.08. The summed E-state index contributed by atoms with van der Waals surface area (Å²) in [4.78, 5) is 13.2. The summed E-state index contributed by atoms with van der Waals surface area (Å²) in [5.74, 6) is 2.22. The van der Waals surface area contributed by atoms with E-state index < -0.39 is 0 Å². The zero-order chi connectivity index (χ0) is 15.6. The Labute approximate surface area is 135 Å². The monoisotopic (exact) mass is 302 g/mol. The summed E-state index contributed by atoms with van der Waals surface area (Å²) in [5, 5.41) is 3.55. The van der Waals surface area contributed by atoms with E-state index in [1.165, 1.54) is 5.56 Å². The summed E-state index contributed by atoms with van der Waals surface area (Å²) < 4.78 is 0. The quantitative estimate of drug-likeness (QED) is 0.796. The topological polar surface area (TPSA) is 50.7 Å². The maximum absolute atomic E-state index is 4.66. The molecule has 114 valence electrons. The molecule has 1 aliphatic carbocycles. The number of benzene rings is 1. The number of rotatable bonds is 4. The minimum atomic E-state index is 0.456. The van der Waals surface area contributed by atoms with Gasteiger partial charge in [-0.2, -0.15) is 0 Å². The molecule has 0 unspecified atom stereocenters. The van der Waals surface area contributed by atoms with Gasteiger partial charge in [0.2, 0.25) is 0 Å². The molecule has 0 amide bonds. The Morgan fingerprint density at radius 2 is 1.78 bits per heavy atom. The summed E-state index contributed by atoms with van der Waals surface area (Å²) in [5.41, 5.74) is 3.35. The fourth-order valence-electron chi connectivity index (χ4n) is 2.89. The molecule has 2 atom stereocenters. The molecular weight excluding hydrogens is 284 g/mol. The van der Waals surface area contributed by atoms with Crippen molar-refractivity contribution in [1.29, 1.82) is 0 Å². The molecule has 4 heteroatoms. The van der Waals surface area contributed by atoms with Crippen molar-refractivity contribution >= 4 is 5.82 Å². The summed E-state index contributed by atoms with van der Waals surface area (Å²) in [7, 11) is 0. The molecule has 1 N–H and O–H groups in total. The zero-order valence-corrected chi connectivity index (χ0v) is 13.0. The highest BCUT2D eigenvalue weighted by Crippen LogP contribution is 2.42. The third-order valence-electron chi connectivity index (χ3n) is 4.14. The van der Waals surface area contributed by atoms with Gasteiger partial charge >= 0.3 is 0 Å². The van der Waals surface area contributed by atoms with Crippen molar-refractivity contribution < 1.29 is 0 Å². The number of nitrogens with one attached hydrogen (secondary N) is 1. The Kier molecular flexibility index (Phi) is 3.50. The summed E-state index contributed by atoms with van der Waals surface area (Å²) >= 11 is 0. The van der Waals surface area contributed by atoms with Crippen LogP contribution in [0.15, 0.2) is 60.9 Å². The maximum atomic E-state index is 4.66. The highest BCUT2D eigenvalue weighted by molar-refractivity contribution is 5.57. The molecule has 1 fully saturated rings. The van der Waals surface area contributed by atoms with Crippen molar-refractivity contribution in [2.75, 3.05) is 5.32 Å². The van der Waals surface area contributed by atoms with E-state index in [0.717, 1.165) is 29.3 Å². The number of hydrogen-bond donors (Lipinski definition) is 1. The van der Waals surface area contributed by atoms with Gasteiger partial charge in [0.1, 0.15) is 5.82 Å². The number of pyridine rings is 1. The summed E-state index contributed by atoms with van der Waals surface area (Å²) in [6.45, 7) is 2.00. The van der Waals surface area contributed by atoms with E-state index in [0.29, 0.717) is 12.0 Å². The highest BCUT2D eigenvalue weighted by Gasteiger charge is 2.38. The van der Waals surface area contributed by atoms with Gasteiger partial charge in [0.05, 0.1) is 0 Å². The predicted molar refractivity (Wildman–Crippen MR) is 91.2 cm³/mol. The van der Waals surface area contributed by atoms with Gasteiger partial charge in [0.15, 0.2) is 5.82 Å². The van der Waals surface area contributed by atoms with Gasteiger partial charge in [0, 0.05) is 41.7 Å². The summed E-state index contributed by atoms with van der Waals surface area (Å²) in [6, 6.07) is 17.0. The Balaban J connectivity index is 1.53. The fraction of sp³-hybridized carbons (Fsp3) is 0.211. The molecule has 3 aromatic rings. The number of nitrogens with zero attached hydrogens (tertiary/aromatic N) is 3. The normalized spacial score (nSPS) is 19.3. The molecule has 1 saturated carbocycles. The molecule has 2 aromatic heterocycles. The van der Waals surface area contributed by atoms with E-state index >= 15 is 0 Å². The Morgan fingerprint density at radius 3 is 2.57 bits per heavy atom. The minimum absolute atomic E-state index is 0.456. The lowest BCUT2D eigenvalue weighted by atomic mass is 10.1. The zero-order valence-electron chi connectivity index (χ0n) is 13.0. The molecule has 0 radical (unpaired) electrons. The van der Waals surface area contributed by atoms with Gasteiger partial charge in [0.25, 0.3) is 0 Å². The fourth-order valence-corrected chi connectivity index (χ4v) is 2.89. The first-order valence-electron chi connectivity index (χ1n) is 7.87. The molecule has 1 aromatic carbocycles. The van der Waals surface area contributed by atoms with Gasteiger partial charge in [-0.15, -0.1) is 0 Å². The van der Waals surface area contributed by atoms with E-state index in [-0.39, 0.29) is 0 Å². The van der Waals surface area contributed by atoms with Crippen molar-refractivity contribution in [1.82, 2.24) is 15.0 Å². The van der Waals surface area contributed by atoms with Crippen LogP contribution < -0.4 is 5.32 Å². The van der Waals surface area contributed by atoms with Crippen molar-refractivity contribution in [3.05, 3.63) is 72.2 Å². The molecule has 0 spiro atoms. The first-order chi connectivity index (χ1) is 11.3. The molecule has 4 rings (SSSR count). The molecule has 0 aliphatic heterocycles. The van der Waals surface area contributed by atoms with Crippen LogP contribution in [0.1, 0.15) is 23.6 Å². The van der Waals surface area contributed by atoms with Gasteiger partial charge < -0.3 is 5.32 Å². The Morgan fingerprint density at radius 1 is 1.00 bits per heavy atom. The number of aromatic nitrogens is 3. The van der Waals surface area contributed by atoms with Crippen molar-refractivity contribution in [3.8, 4) is 11.4 Å². The Hall–Kier alpha value is -2.75. The van der Waals surface area contributed by atoms with Crippen molar-refractivity contribution in [2.45, 2.75) is 25.3 Å². The van der Waals surface area contributed by atoms with Crippen LogP contribution in [0.2, 0.25) is 0 Å². The van der Waals surface area contributed by atoms with Gasteiger partial charge in [-0.05, 0) is 31.0 Å². The van der Waals surface area contributed by atoms with Crippen LogP contribution in [0, 0.1) is 6.92 Å². The van der Waals surface area contributed by atoms with Crippen LogP contribution in [0.4, 0.5) is 5.82 Å². The van der Waals surface area contributed by atoms with Crippen molar-refractivity contribution in [3.63, 3.8) is 0 Å². The highest BCUT2D eigenvalue weighted by atomic mass is 15.1. The smallest absolute Gasteiger partial charge is 0.161 e. The van der Waals surface area contributed by atoms with E-state index in [4.69, 9.17) is 0 Å². The lowest BCUT2D eigenvalue weighted by molar-refractivity contribution is 1.01. The number of aryl methyl sites for hydroxylation is 1. The molecule has 2 heterocycles. The van der Waals surface area contributed by atoms with Crippen LogP contribution in [0.25, 0.3) is 11.4 Å². The second kappa shape index (κ2) is 5.80. The average Bonchev–Trinajstić information content (AvgIpc) is 3.35. The average molecular weight is 302 g/mol. The largest absolute Gasteiger partial charge is 0.367 e. The van der Waals surface area contributed by atoms with Crippen LogP contribution in [0.5, 0.6) is 0 Å². The molecule has 4 nitrogen and oxygen atoms in total. The SMILES string of the molecule is Cc1cc(N[C@@H]2C[C@H]2c2ccccc2)nc(-c2ccncc2)n1. The molecule has 0 bridgehead atoms. The molecule has 0 saturated heterocycles. The van der Waals surface area contributed by atoms with Crippen LogP contribution in [-0.2, 0) is 0 Å². The van der Waals surface area contributed by atoms with E-state index in [1.54, 1.807) is 12.4 Å². The molecule has 1 aliphatic rings. The predicted octanol–water partition coefficient (Wildman–Crippen LogP) is 3.82. The molecule has 23 heavy (non-hydrogen) atoms. The van der Waals surface area contributed by atoms with E-state index in [9.17, 15) is 0 Å². The number of anilines is 1. The number of hydrogen-bond acceptors (Lipinski definition) is 4. The third-order valence-corrected chi connectivity index (χ3v) is 4.14. The maximum Gasteiger partial charge on any atom is 0.161 e. The van der Waals surface area contributed by atoms with E-state index in [1.807, 2.05) is 25.1 Å². The first-order valence-corrected chi connectivity index (χ1v) is 7.87. The first kappa shape index (κ1) is 13.9. The van der Waals surface area contributed by atoms with Gasteiger partial charge in [-0.3, -0.25) is 4.98 Å². The standard InChI is InChI=1S/C19H18N4/c1-13-11-18(23-19(21-13)15-7-9-20-10-8-15)22-17-12-16(17)14-5-3-2-4-6-14/h2-11,16-17H,12H2,1H3,(H,21,22,23)/t16-,17+/m0/s1. The van der Waals surface area contributed by atoms with Gasteiger partial charge in [-0.1, -0.05) is 30.3 Å². The van der Waals surface area contributed by atoms with Gasteiger partial charge in [-0.25, -0.2) is 9.97 Å². The van der Waals surface area contributed by atoms with E-state index in [2.05, 4.69) is 50.6 Å². The summed E-state index contributed by atoms with van der Waals surface area (Å²) in [6.07, 6.45) is 4.68. The third kappa shape index (κ3) is 3.06. The lowest BCUT2D eigenvalue weighted by Crippen LogP contribution is -2.07. The molecular formula is C19H18N4. The second-order valence-electron chi connectivity index (χ2n) is 5.96. The van der Waals surface area contributed by atoms with Crippen LogP contribution in [0.3, 0.4) is 0 Å². The minimum Gasteiger partial charge on any atom is -0.367 e. The van der Waals surface area contributed by atoms with Crippen LogP contribution in [-0.4, -0.2) is 21.0 Å². The Bertz CT molecular complexity index is 802. The van der Waals surface area contributed by atoms with Crippen LogP contribution >= 0.6 is 0 Å².